The van der Waals surface area contributed by atoms with E-state index in [1.807, 2.05) is 24.3 Å². The van der Waals surface area contributed by atoms with E-state index in [4.69, 9.17) is 0 Å². The molecule has 0 spiro atoms. The van der Waals surface area contributed by atoms with Gasteiger partial charge >= 0.3 is 0 Å². The lowest BCUT2D eigenvalue weighted by Crippen LogP contribution is -1.91. The molecule has 0 bridgehead atoms. The summed E-state index contributed by atoms with van der Waals surface area (Å²) in [6.45, 7) is 0. The van der Waals surface area contributed by atoms with Crippen LogP contribution in [-0.4, -0.2) is 42.2 Å². The number of aromatic nitrogens is 6. The van der Waals surface area contributed by atoms with Crippen molar-refractivity contribution in [1.82, 2.24) is 29.7 Å². The first-order valence-electron chi connectivity index (χ1n) is 5.78. The van der Waals surface area contributed by atoms with Crippen molar-refractivity contribution in [2.24, 2.45) is 10.2 Å². The molecular weight excluding hydrogens is 256 g/mol. The van der Waals surface area contributed by atoms with Crippen molar-refractivity contribution in [3.8, 4) is 0 Å². The fourth-order valence-electron chi connectivity index (χ4n) is 1.50. The lowest BCUT2D eigenvalue weighted by molar-refractivity contribution is 0.877. The van der Waals surface area contributed by atoms with Crippen molar-refractivity contribution in [3.05, 3.63) is 60.7 Å². The molecule has 0 saturated heterocycles. The van der Waals surface area contributed by atoms with Crippen LogP contribution in [0, 0.1) is 0 Å². The summed E-state index contributed by atoms with van der Waals surface area (Å²) in [6, 6.07) is 7.79. The van der Waals surface area contributed by atoms with Crippen molar-refractivity contribution in [3.63, 3.8) is 0 Å². The van der Waals surface area contributed by atoms with E-state index in [1.165, 1.54) is 34.7 Å². The van der Waals surface area contributed by atoms with Crippen LogP contribution in [0.15, 0.2) is 59.8 Å². The van der Waals surface area contributed by atoms with Crippen LogP contribution in [0.1, 0.15) is 11.1 Å². The predicted octanol–water partition coefficient (Wildman–Crippen LogP) is 0.634. The Labute approximate surface area is 114 Å². The molecule has 20 heavy (non-hydrogen) atoms. The van der Waals surface area contributed by atoms with Crippen LogP contribution in [0.5, 0.6) is 0 Å². The summed E-state index contributed by atoms with van der Waals surface area (Å²) in [5.41, 5.74) is 1.90. The van der Waals surface area contributed by atoms with Gasteiger partial charge in [0, 0.05) is 0 Å². The van der Waals surface area contributed by atoms with Crippen LogP contribution in [0.3, 0.4) is 0 Å². The normalized spacial score (nSPS) is 11.6. The van der Waals surface area contributed by atoms with Crippen molar-refractivity contribution in [2.45, 2.75) is 0 Å². The van der Waals surface area contributed by atoms with Gasteiger partial charge in [-0.1, -0.05) is 18.2 Å². The van der Waals surface area contributed by atoms with E-state index in [9.17, 15) is 0 Å². The molecule has 0 N–H and O–H groups in total. The minimum atomic E-state index is 0.950. The summed E-state index contributed by atoms with van der Waals surface area (Å²) in [4.78, 5) is 0. The van der Waals surface area contributed by atoms with Gasteiger partial charge in [0.25, 0.3) is 0 Å². The van der Waals surface area contributed by atoms with Gasteiger partial charge in [0.05, 0.1) is 12.4 Å². The molecule has 3 rings (SSSR count). The molecule has 0 saturated carbocycles. The Balaban J connectivity index is 1.76. The van der Waals surface area contributed by atoms with E-state index in [0.29, 0.717) is 0 Å². The molecule has 98 valence electrons. The summed E-state index contributed by atoms with van der Waals surface area (Å²) in [5.74, 6) is 0. The molecular formula is C12H10N8. The maximum absolute atomic E-state index is 4.18. The van der Waals surface area contributed by atoms with Crippen molar-refractivity contribution in [1.29, 1.82) is 0 Å². The van der Waals surface area contributed by atoms with Gasteiger partial charge in [0.15, 0.2) is 0 Å². The van der Waals surface area contributed by atoms with E-state index in [0.717, 1.165) is 11.1 Å². The largest absolute Gasteiger partial charge is 0.208 e. The van der Waals surface area contributed by atoms with E-state index in [-0.39, 0.29) is 0 Å². The minimum absolute atomic E-state index is 0.950. The molecule has 0 radical (unpaired) electrons. The van der Waals surface area contributed by atoms with E-state index in [2.05, 4.69) is 30.6 Å². The molecule has 0 fully saturated rings. The first-order chi connectivity index (χ1) is 9.90. The highest BCUT2D eigenvalue weighted by atomic mass is 15.4. The van der Waals surface area contributed by atoms with Crippen LogP contribution in [0.2, 0.25) is 0 Å². The minimum Gasteiger partial charge on any atom is -0.208 e. The SMILES string of the molecule is C(=N/n1cnnc1)/c1cccc(/C=N\n2cnnc2)c1. The third kappa shape index (κ3) is 2.99. The van der Waals surface area contributed by atoms with Gasteiger partial charge in [-0.2, -0.15) is 10.2 Å². The zero-order chi connectivity index (χ0) is 13.6. The van der Waals surface area contributed by atoms with Gasteiger partial charge in [-0.15, -0.1) is 20.4 Å². The number of rotatable bonds is 4. The number of hydrogen-bond donors (Lipinski definition) is 0. The Kier molecular flexibility index (Phi) is 3.36. The quantitative estimate of drug-likeness (QED) is 0.648. The van der Waals surface area contributed by atoms with Crippen molar-refractivity contribution in [2.75, 3.05) is 0 Å². The second kappa shape index (κ2) is 5.65. The smallest absolute Gasteiger partial charge is 0.141 e. The Hall–Kier alpha value is -3.16. The highest BCUT2D eigenvalue weighted by molar-refractivity contribution is 5.86. The van der Waals surface area contributed by atoms with Gasteiger partial charge in [-0.25, -0.2) is 9.35 Å². The molecule has 2 aromatic heterocycles. The molecule has 0 aliphatic carbocycles. The van der Waals surface area contributed by atoms with Crippen LogP contribution in [0.25, 0.3) is 0 Å². The zero-order valence-corrected chi connectivity index (χ0v) is 10.4. The molecule has 8 nitrogen and oxygen atoms in total. The molecule has 0 amide bonds. The summed E-state index contributed by atoms with van der Waals surface area (Å²) < 4.78 is 3.05. The first kappa shape index (κ1) is 11.9. The average Bonchev–Trinajstić information content (AvgIpc) is 3.17. The highest BCUT2D eigenvalue weighted by Crippen LogP contribution is 2.01. The van der Waals surface area contributed by atoms with E-state index in [1.54, 1.807) is 12.4 Å². The van der Waals surface area contributed by atoms with Crippen LogP contribution >= 0.6 is 0 Å². The number of benzene rings is 1. The topological polar surface area (TPSA) is 86.1 Å². The summed E-state index contributed by atoms with van der Waals surface area (Å²) in [7, 11) is 0. The Morgan fingerprint density at radius 3 is 1.65 bits per heavy atom. The van der Waals surface area contributed by atoms with Crippen LogP contribution in [0.4, 0.5) is 0 Å². The van der Waals surface area contributed by atoms with Gasteiger partial charge in [-0.3, -0.25) is 0 Å². The van der Waals surface area contributed by atoms with Gasteiger partial charge in [-0.05, 0) is 17.2 Å². The first-order valence-corrected chi connectivity index (χ1v) is 5.78. The highest BCUT2D eigenvalue weighted by Gasteiger charge is 1.92. The van der Waals surface area contributed by atoms with Crippen LogP contribution in [-0.2, 0) is 0 Å². The number of nitrogens with zero attached hydrogens (tertiary/aromatic N) is 8. The summed E-state index contributed by atoms with van der Waals surface area (Å²) >= 11 is 0. The molecule has 3 aromatic rings. The molecule has 0 atom stereocenters. The fraction of sp³-hybridized carbons (Fsp3) is 0. The standard InChI is InChI=1S/C12H10N8/c1-2-11(5-17-19-7-13-14-8-19)4-12(3-1)6-18-20-9-15-16-10-20/h1-10H/b17-5-,18-6-. The molecule has 1 aromatic carbocycles. The maximum atomic E-state index is 4.18. The monoisotopic (exact) mass is 266 g/mol. The predicted molar refractivity (Wildman–Crippen MR) is 72.5 cm³/mol. The Morgan fingerprint density at radius 2 is 1.20 bits per heavy atom. The van der Waals surface area contributed by atoms with Crippen molar-refractivity contribution >= 4 is 12.4 Å². The number of hydrogen-bond acceptors (Lipinski definition) is 6. The Morgan fingerprint density at radius 1 is 0.750 bits per heavy atom. The fourth-order valence-corrected chi connectivity index (χ4v) is 1.50. The van der Waals surface area contributed by atoms with Gasteiger partial charge < -0.3 is 0 Å². The zero-order valence-electron chi connectivity index (χ0n) is 10.4. The lowest BCUT2D eigenvalue weighted by Gasteiger charge is -1.96. The Bertz CT molecular complexity index is 652. The second-order valence-corrected chi connectivity index (χ2v) is 3.84. The summed E-state index contributed by atoms with van der Waals surface area (Å²) in [6.07, 6.45) is 9.53. The molecule has 0 aliphatic rings. The van der Waals surface area contributed by atoms with Crippen molar-refractivity contribution < 1.29 is 0 Å². The maximum Gasteiger partial charge on any atom is 0.141 e. The third-order valence-corrected chi connectivity index (χ3v) is 2.40. The van der Waals surface area contributed by atoms with E-state index >= 15 is 0 Å². The molecule has 2 heterocycles. The second-order valence-electron chi connectivity index (χ2n) is 3.84. The average molecular weight is 266 g/mol. The molecule has 8 heteroatoms. The third-order valence-electron chi connectivity index (χ3n) is 2.40. The summed E-state index contributed by atoms with van der Waals surface area (Å²) in [5, 5.41) is 23.1. The van der Waals surface area contributed by atoms with E-state index < -0.39 is 0 Å². The van der Waals surface area contributed by atoms with Crippen LogP contribution < -0.4 is 0 Å². The molecule has 0 aliphatic heterocycles. The van der Waals surface area contributed by atoms with Gasteiger partial charge in [0.1, 0.15) is 25.3 Å². The molecule has 0 unspecified atom stereocenters. The lowest BCUT2D eigenvalue weighted by atomic mass is 10.1. The van der Waals surface area contributed by atoms with Gasteiger partial charge in [0.2, 0.25) is 0 Å².